The lowest BCUT2D eigenvalue weighted by Crippen LogP contribution is -2.40. The van der Waals surface area contributed by atoms with E-state index in [1.165, 1.54) is 10.5 Å². The number of H-pyrrole nitrogens is 1. The Morgan fingerprint density at radius 2 is 2.05 bits per heavy atom. The first-order valence-corrected chi connectivity index (χ1v) is 10.5. The predicted molar refractivity (Wildman–Crippen MR) is 79.1 cm³/mol. The Morgan fingerprint density at radius 1 is 1.33 bits per heavy atom. The number of piperidine rings is 1. The molecule has 0 saturated carbocycles. The number of sulfone groups is 1. The molecule has 1 aliphatic heterocycles. The number of sulfonamides is 1. The minimum atomic E-state index is -3.44. The fraction of sp³-hybridized carbons (Fsp3) is 0.750. The van der Waals surface area contributed by atoms with Gasteiger partial charge < -0.3 is 0 Å². The standard InChI is InChI=1S/C12H21N3O4S2/c1-3-8-21(18,19)15-7-5-4-6-10(15)12-11(9-13-14-12)20(2,16)17/h9-10H,3-8H2,1-2H3,(H,13,14). The SMILES string of the molecule is CCCS(=O)(=O)N1CCCCC1c1[nH]ncc1S(C)(=O)=O. The molecule has 120 valence electrons. The van der Waals surface area contributed by atoms with Crippen molar-refractivity contribution >= 4 is 19.9 Å². The molecule has 2 rings (SSSR count). The molecule has 0 bridgehead atoms. The summed E-state index contributed by atoms with van der Waals surface area (Å²) in [4.78, 5) is 0.0890. The van der Waals surface area contributed by atoms with Crippen molar-refractivity contribution in [2.45, 2.75) is 43.5 Å². The summed E-state index contributed by atoms with van der Waals surface area (Å²) in [6.07, 6.45) is 5.16. The van der Waals surface area contributed by atoms with Crippen LogP contribution in [0.5, 0.6) is 0 Å². The first-order chi connectivity index (χ1) is 9.77. The maximum absolute atomic E-state index is 12.4. The van der Waals surface area contributed by atoms with Crippen LogP contribution in [0.15, 0.2) is 11.1 Å². The molecule has 1 N–H and O–H groups in total. The van der Waals surface area contributed by atoms with Crippen LogP contribution in [0.2, 0.25) is 0 Å². The highest BCUT2D eigenvalue weighted by Crippen LogP contribution is 2.35. The molecule has 21 heavy (non-hydrogen) atoms. The fourth-order valence-corrected chi connectivity index (χ4v) is 5.30. The number of hydrogen-bond acceptors (Lipinski definition) is 5. The van der Waals surface area contributed by atoms with Gasteiger partial charge in [0.2, 0.25) is 10.0 Å². The molecule has 0 amide bonds. The summed E-state index contributed by atoms with van der Waals surface area (Å²) in [5.74, 6) is 0.0752. The van der Waals surface area contributed by atoms with Gasteiger partial charge in [-0.05, 0) is 19.3 Å². The zero-order valence-corrected chi connectivity index (χ0v) is 13.9. The summed E-state index contributed by atoms with van der Waals surface area (Å²) >= 11 is 0. The van der Waals surface area contributed by atoms with Gasteiger partial charge in [-0.3, -0.25) is 5.10 Å². The van der Waals surface area contributed by atoms with Crippen LogP contribution in [0, 0.1) is 0 Å². The van der Waals surface area contributed by atoms with E-state index in [1.807, 2.05) is 6.92 Å². The highest BCUT2D eigenvalue weighted by atomic mass is 32.2. The normalized spacial score (nSPS) is 21.5. The lowest BCUT2D eigenvalue weighted by molar-refractivity contribution is 0.248. The van der Waals surface area contributed by atoms with Gasteiger partial charge in [0.25, 0.3) is 0 Å². The van der Waals surface area contributed by atoms with E-state index in [0.717, 1.165) is 19.1 Å². The van der Waals surface area contributed by atoms with Gasteiger partial charge in [0.05, 0.1) is 23.7 Å². The molecular weight excluding hydrogens is 314 g/mol. The lowest BCUT2D eigenvalue weighted by atomic mass is 10.0. The van der Waals surface area contributed by atoms with E-state index in [1.54, 1.807) is 0 Å². The molecule has 1 saturated heterocycles. The van der Waals surface area contributed by atoms with E-state index in [0.29, 0.717) is 25.1 Å². The Kier molecular flexibility index (Phi) is 4.74. The minimum Gasteiger partial charge on any atom is -0.280 e. The Balaban J connectivity index is 2.43. The molecule has 1 aliphatic rings. The topological polar surface area (TPSA) is 100 Å². The van der Waals surface area contributed by atoms with Crippen molar-refractivity contribution < 1.29 is 16.8 Å². The summed E-state index contributed by atoms with van der Waals surface area (Å²) in [6, 6.07) is -0.470. The van der Waals surface area contributed by atoms with Crippen LogP contribution in [0.3, 0.4) is 0 Å². The number of rotatable bonds is 5. The van der Waals surface area contributed by atoms with E-state index in [4.69, 9.17) is 0 Å². The highest BCUT2D eigenvalue weighted by molar-refractivity contribution is 7.90. The number of aromatic amines is 1. The largest absolute Gasteiger partial charge is 0.280 e. The van der Waals surface area contributed by atoms with E-state index in [-0.39, 0.29) is 10.6 Å². The zero-order chi connectivity index (χ0) is 15.7. The van der Waals surface area contributed by atoms with Gasteiger partial charge in [0.15, 0.2) is 9.84 Å². The Morgan fingerprint density at radius 3 is 2.67 bits per heavy atom. The van der Waals surface area contributed by atoms with Gasteiger partial charge in [-0.2, -0.15) is 9.40 Å². The number of nitrogens with one attached hydrogen (secondary N) is 1. The lowest BCUT2D eigenvalue weighted by Gasteiger charge is -2.34. The first-order valence-electron chi connectivity index (χ1n) is 7.00. The van der Waals surface area contributed by atoms with Crippen LogP contribution in [0.1, 0.15) is 44.3 Å². The summed E-state index contributed by atoms with van der Waals surface area (Å²) in [5, 5.41) is 6.49. The van der Waals surface area contributed by atoms with Gasteiger partial charge in [-0.25, -0.2) is 16.8 Å². The molecule has 0 aromatic carbocycles. The monoisotopic (exact) mass is 335 g/mol. The molecule has 1 atom stereocenters. The van der Waals surface area contributed by atoms with E-state index >= 15 is 0 Å². The molecule has 0 spiro atoms. The van der Waals surface area contributed by atoms with E-state index in [9.17, 15) is 16.8 Å². The molecule has 0 radical (unpaired) electrons. The molecule has 9 heteroatoms. The van der Waals surface area contributed by atoms with Crippen molar-refractivity contribution in [1.29, 1.82) is 0 Å². The summed E-state index contributed by atoms with van der Waals surface area (Å²) in [7, 11) is -6.82. The van der Waals surface area contributed by atoms with Crippen molar-refractivity contribution in [1.82, 2.24) is 14.5 Å². The van der Waals surface area contributed by atoms with Crippen molar-refractivity contribution in [2.24, 2.45) is 0 Å². The van der Waals surface area contributed by atoms with Gasteiger partial charge in [0, 0.05) is 12.8 Å². The van der Waals surface area contributed by atoms with Gasteiger partial charge >= 0.3 is 0 Å². The Bertz CT molecular complexity index is 694. The Hall–Kier alpha value is -0.930. The van der Waals surface area contributed by atoms with Crippen molar-refractivity contribution in [3.8, 4) is 0 Å². The van der Waals surface area contributed by atoms with Crippen molar-refractivity contribution in [3.05, 3.63) is 11.9 Å². The van der Waals surface area contributed by atoms with Crippen LogP contribution in [-0.2, 0) is 19.9 Å². The van der Waals surface area contributed by atoms with Crippen LogP contribution in [0.25, 0.3) is 0 Å². The zero-order valence-electron chi connectivity index (χ0n) is 12.2. The maximum atomic E-state index is 12.4. The van der Waals surface area contributed by atoms with Crippen LogP contribution in [-0.4, -0.2) is 49.9 Å². The molecule has 7 nitrogen and oxygen atoms in total. The van der Waals surface area contributed by atoms with Gasteiger partial charge in [-0.1, -0.05) is 13.3 Å². The van der Waals surface area contributed by atoms with Crippen LogP contribution < -0.4 is 0 Å². The average molecular weight is 335 g/mol. The molecule has 0 aliphatic carbocycles. The molecule has 1 aromatic rings. The maximum Gasteiger partial charge on any atom is 0.214 e. The molecule has 2 heterocycles. The van der Waals surface area contributed by atoms with Crippen molar-refractivity contribution in [3.63, 3.8) is 0 Å². The summed E-state index contributed by atoms with van der Waals surface area (Å²) in [5.41, 5.74) is 0.386. The highest BCUT2D eigenvalue weighted by Gasteiger charge is 2.36. The second-order valence-corrected chi connectivity index (χ2v) is 9.38. The van der Waals surface area contributed by atoms with Crippen molar-refractivity contribution in [2.75, 3.05) is 18.6 Å². The molecule has 1 unspecified atom stereocenters. The quantitative estimate of drug-likeness (QED) is 0.868. The van der Waals surface area contributed by atoms with Crippen LogP contribution in [0.4, 0.5) is 0 Å². The third-order valence-corrected chi connectivity index (χ3v) is 6.84. The Labute approximate surface area is 125 Å². The van der Waals surface area contributed by atoms with Gasteiger partial charge in [-0.15, -0.1) is 0 Å². The number of nitrogens with zero attached hydrogens (tertiary/aromatic N) is 2. The third-order valence-electron chi connectivity index (χ3n) is 3.64. The van der Waals surface area contributed by atoms with Crippen LogP contribution >= 0.6 is 0 Å². The first kappa shape index (κ1) is 16.4. The van der Waals surface area contributed by atoms with E-state index in [2.05, 4.69) is 10.2 Å². The molecular formula is C12H21N3O4S2. The third kappa shape index (κ3) is 3.46. The number of aromatic nitrogens is 2. The molecule has 1 aromatic heterocycles. The van der Waals surface area contributed by atoms with Gasteiger partial charge in [0.1, 0.15) is 4.90 Å². The second kappa shape index (κ2) is 6.05. The summed E-state index contributed by atoms with van der Waals surface area (Å²) in [6.45, 7) is 2.24. The van der Waals surface area contributed by atoms with E-state index < -0.39 is 25.9 Å². The fourth-order valence-electron chi connectivity index (χ4n) is 2.72. The number of hydrogen-bond donors (Lipinski definition) is 1. The minimum absolute atomic E-state index is 0.0752. The summed E-state index contributed by atoms with van der Waals surface area (Å²) < 4.78 is 49.8. The second-order valence-electron chi connectivity index (χ2n) is 5.36. The smallest absolute Gasteiger partial charge is 0.214 e. The average Bonchev–Trinajstić information content (AvgIpc) is 2.87. The predicted octanol–water partition coefficient (Wildman–Crippen LogP) is 1.08. The molecule has 1 fully saturated rings.